The zero-order chi connectivity index (χ0) is 14.4. The normalized spacial score (nSPS) is 14.3. The van der Waals surface area contributed by atoms with Gasteiger partial charge >= 0.3 is 5.97 Å². The van der Waals surface area contributed by atoms with Gasteiger partial charge in [0.25, 0.3) is 0 Å². The van der Waals surface area contributed by atoms with Gasteiger partial charge in [0.1, 0.15) is 12.4 Å². The first-order valence-electron chi connectivity index (χ1n) is 7.28. The minimum atomic E-state index is -0.144. The fourth-order valence-electron chi connectivity index (χ4n) is 2.19. The number of carbonyl (C=O) groups excluding carboxylic acids is 1. The summed E-state index contributed by atoms with van der Waals surface area (Å²) in [6.07, 6.45) is 2.34. The van der Waals surface area contributed by atoms with E-state index in [9.17, 15) is 4.79 Å². The fraction of sp³-hybridized carbons (Fsp3) is 0.562. The maximum atomic E-state index is 11.6. The molecule has 2 rings (SSSR count). The molecule has 0 unspecified atom stereocenters. The molecule has 110 valence electrons. The molecule has 0 spiro atoms. The third-order valence-electron chi connectivity index (χ3n) is 3.34. The molecule has 4 nitrogen and oxygen atoms in total. The molecule has 0 aromatic heterocycles. The summed E-state index contributed by atoms with van der Waals surface area (Å²) in [6, 6.07) is 8.54. The van der Waals surface area contributed by atoms with Gasteiger partial charge < -0.3 is 9.47 Å². The summed E-state index contributed by atoms with van der Waals surface area (Å²) in [6.45, 7) is 6.05. The van der Waals surface area contributed by atoms with Crippen molar-refractivity contribution in [3.63, 3.8) is 0 Å². The third kappa shape index (κ3) is 4.85. The molecule has 0 amide bonds. The average molecular weight is 277 g/mol. The van der Waals surface area contributed by atoms with Crippen molar-refractivity contribution in [1.29, 1.82) is 0 Å². The van der Waals surface area contributed by atoms with Crippen LogP contribution in [0.4, 0.5) is 0 Å². The van der Waals surface area contributed by atoms with Gasteiger partial charge in [0.15, 0.2) is 0 Å². The van der Waals surface area contributed by atoms with Gasteiger partial charge in [-0.05, 0) is 44.4 Å². The van der Waals surface area contributed by atoms with Crippen LogP contribution in [0.5, 0.6) is 5.75 Å². The number of esters is 1. The molecular formula is C16H23NO3. The van der Waals surface area contributed by atoms with Crippen LogP contribution in [-0.4, -0.2) is 43.2 Å². The minimum absolute atomic E-state index is 0.144. The van der Waals surface area contributed by atoms with Gasteiger partial charge in [-0.15, -0.1) is 0 Å². The summed E-state index contributed by atoms with van der Waals surface area (Å²) >= 11 is 0. The maximum Gasteiger partial charge on any atom is 0.320 e. The van der Waals surface area contributed by atoms with Gasteiger partial charge in [-0.2, -0.15) is 0 Å². The van der Waals surface area contributed by atoms with Crippen LogP contribution in [0.15, 0.2) is 24.3 Å². The molecule has 1 aromatic carbocycles. The third-order valence-corrected chi connectivity index (χ3v) is 3.34. The highest BCUT2D eigenvalue weighted by molar-refractivity contribution is 5.71. The lowest BCUT2D eigenvalue weighted by atomic mass is 10.2. The molecular weight excluding hydrogens is 254 g/mol. The van der Waals surface area contributed by atoms with E-state index in [0.717, 1.165) is 12.3 Å². The smallest absolute Gasteiger partial charge is 0.320 e. The van der Waals surface area contributed by atoms with Crippen LogP contribution >= 0.6 is 0 Å². The van der Waals surface area contributed by atoms with Crippen molar-refractivity contribution < 1.29 is 14.3 Å². The van der Waals surface area contributed by atoms with Crippen LogP contribution in [0.3, 0.4) is 0 Å². The Labute approximate surface area is 120 Å². The highest BCUT2D eigenvalue weighted by Crippen LogP contribution is 2.26. The second-order valence-electron chi connectivity index (χ2n) is 5.17. The molecule has 0 heterocycles. The highest BCUT2D eigenvalue weighted by atomic mass is 16.5. The zero-order valence-electron chi connectivity index (χ0n) is 12.3. The predicted molar refractivity (Wildman–Crippen MR) is 77.9 cm³/mol. The maximum absolute atomic E-state index is 11.6. The largest absolute Gasteiger partial charge is 0.492 e. The number of ether oxygens (including phenoxy) is 2. The standard InChI is InChI=1S/C16H23NO3/c1-3-19-16(18)12-17(14-7-8-14)9-10-20-15-6-4-5-13(2)11-15/h4-6,11,14H,3,7-10,12H2,1-2H3. The Morgan fingerprint density at radius 1 is 1.40 bits per heavy atom. The summed E-state index contributed by atoms with van der Waals surface area (Å²) < 4.78 is 10.8. The van der Waals surface area contributed by atoms with E-state index in [1.54, 1.807) is 0 Å². The molecule has 1 aliphatic carbocycles. The Hall–Kier alpha value is -1.55. The van der Waals surface area contributed by atoms with E-state index in [1.165, 1.54) is 18.4 Å². The lowest BCUT2D eigenvalue weighted by Crippen LogP contribution is -2.36. The lowest BCUT2D eigenvalue weighted by Gasteiger charge is -2.20. The molecule has 0 N–H and O–H groups in total. The number of hydrogen-bond acceptors (Lipinski definition) is 4. The first-order valence-corrected chi connectivity index (χ1v) is 7.28. The van der Waals surface area contributed by atoms with Crippen LogP contribution in [0.25, 0.3) is 0 Å². The molecule has 4 heteroatoms. The van der Waals surface area contributed by atoms with E-state index in [4.69, 9.17) is 9.47 Å². The van der Waals surface area contributed by atoms with Gasteiger partial charge in [-0.25, -0.2) is 0 Å². The van der Waals surface area contributed by atoms with Gasteiger partial charge in [0, 0.05) is 12.6 Å². The molecule has 1 fully saturated rings. The second-order valence-corrected chi connectivity index (χ2v) is 5.17. The molecule has 0 radical (unpaired) electrons. The molecule has 0 saturated heterocycles. The Kier molecular flexibility index (Phi) is 5.41. The molecule has 0 bridgehead atoms. The number of carbonyl (C=O) groups is 1. The Morgan fingerprint density at radius 3 is 2.85 bits per heavy atom. The van der Waals surface area contributed by atoms with E-state index in [1.807, 2.05) is 38.1 Å². The van der Waals surface area contributed by atoms with Crippen LogP contribution < -0.4 is 4.74 Å². The van der Waals surface area contributed by atoms with Gasteiger partial charge in [0.05, 0.1) is 13.2 Å². The molecule has 0 aliphatic heterocycles. The SMILES string of the molecule is CCOC(=O)CN(CCOc1cccc(C)c1)C1CC1. The molecule has 1 saturated carbocycles. The van der Waals surface area contributed by atoms with Crippen molar-refractivity contribution in [2.24, 2.45) is 0 Å². The number of nitrogens with zero attached hydrogens (tertiary/aromatic N) is 1. The molecule has 0 atom stereocenters. The van der Waals surface area contributed by atoms with Crippen LogP contribution in [0.2, 0.25) is 0 Å². The Bertz CT molecular complexity index is 443. The minimum Gasteiger partial charge on any atom is -0.492 e. The number of hydrogen-bond donors (Lipinski definition) is 0. The molecule has 20 heavy (non-hydrogen) atoms. The van der Waals surface area contributed by atoms with Crippen LogP contribution in [0.1, 0.15) is 25.3 Å². The first-order chi connectivity index (χ1) is 9.69. The summed E-state index contributed by atoms with van der Waals surface area (Å²) in [5, 5.41) is 0. The van der Waals surface area contributed by atoms with Crippen molar-refractivity contribution in [3.05, 3.63) is 29.8 Å². The monoisotopic (exact) mass is 277 g/mol. The van der Waals surface area contributed by atoms with Crippen molar-refractivity contribution >= 4 is 5.97 Å². The van der Waals surface area contributed by atoms with Crippen molar-refractivity contribution in [2.75, 3.05) is 26.3 Å². The predicted octanol–water partition coefficient (Wildman–Crippen LogP) is 2.40. The first kappa shape index (κ1) is 14.9. The second kappa shape index (κ2) is 7.29. The van der Waals surface area contributed by atoms with E-state index in [0.29, 0.717) is 25.8 Å². The fourth-order valence-corrected chi connectivity index (χ4v) is 2.19. The van der Waals surface area contributed by atoms with Crippen LogP contribution in [-0.2, 0) is 9.53 Å². The van der Waals surface area contributed by atoms with Crippen molar-refractivity contribution in [3.8, 4) is 5.75 Å². The van der Waals surface area contributed by atoms with Crippen LogP contribution in [0, 0.1) is 6.92 Å². The number of rotatable bonds is 8. The summed E-state index contributed by atoms with van der Waals surface area (Å²) in [5.74, 6) is 0.742. The summed E-state index contributed by atoms with van der Waals surface area (Å²) in [4.78, 5) is 13.7. The Balaban J connectivity index is 1.76. The average Bonchev–Trinajstić information content (AvgIpc) is 3.22. The topological polar surface area (TPSA) is 38.8 Å². The Morgan fingerprint density at radius 2 is 2.20 bits per heavy atom. The molecule has 1 aromatic rings. The van der Waals surface area contributed by atoms with E-state index >= 15 is 0 Å². The zero-order valence-corrected chi connectivity index (χ0v) is 12.3. The van der Waals surface area contributed by atoms with Gasteiger partial charge in [-0.3, -0.25) is 9.69 Å². The van der Waals surface area contributed by atoms with E-state index in [2.05, 4.69) is 4.90 Å². The summed E-state index contributed by atoms with van der Waals surface area (Å²) in [5.41, 5.74) is 1.19. The van der Waals surface area contributed by atoms with Gasteiger partial charge in [0.2, 0.25) is 0 Å². The van der Waals surface area contributed by atoms with E-state index < -0.39 is 0 Å². The lowest BCUT2D eigenvalue weighted by molar-refractivity contribution is -0.144. The highest BCUT2D eigenvalue weighted by Gasteiger charge is 2.30. The number of benzene rings is 1. The van der Waals surface area contributed by atoms with Gasteiger partial charge in [-0.1, -0.05) is 12.1 Å². The molecule has 1 aliphatic rings. The van der Waals surface area contributed by atoms with Crippen molar-refractivity contribution in [1.82, 2.24) is 4.90 Å². The quantitative estimate of drug-likeness (QED) is 0.684. The number of aryl methyl sites for hydroxylation is 1. The van der Waals surface area contributed by atoms with Crippen molar-refractivity contribution in [2.45, 2.75) is 32.7 Å². The van der Waals surface area contributed by atoms with E-state index in [-0.39, 0.29) is 5.97 Å². The summed E-state index contributed by atoms with van der Waals surface area (Å²) in [7, 11) is 0.